The SMILES string of the molecule is Cc1nn(CC2CCC2)c2ccc(NC3=NCc4nccnc43)cc12. The molecular formula is C19H20N6. The number of hydrogen-bond acceptors (Lipinski definition) is 5. The maximum atomic E-state index is 4.76. The summed E-state index contributed by atoms with van der Waals surface area (Å²) in [6.45, 7) is 3.70. The molecule has 0 amide bonds. The van der Waals surface area contributed by atoms with Crippen LogP contribution in [0.15, 0.2) is 35.6 Å². The molecule has 0 spiro atoms. The van der Waals surface area contributed by atoms with E-state index in [0.717, 1.165) is 41.1 Å². The second-order valence-corrected chi connectivity index (χ2v) is 6.94. The number of aryl methyl sites for hydroxylation is 1. The van der Waals surface area contributed by atoms with Crippen molar-refractivity contribution >= 4 is 22.4 Å². The Morgan fingerprint density at radius 1 is 1.20 bits per heavy atom. The molecule has 3 heterocycles. The van der Waals surface area contributed by atoms with Crippen LogP contribution in [0, 0.1) is 12.8 Å². The summed E-state index contributed by atoms with van der Waals surface area (Å²) in [4.78, 5) is 13.3. The summed E-state index contributed by atoms with van der Waals surface area (Å²) in [5.74, 6) is 1.59. The minimum atomic E-state index is 0.589. The predicted molar refractivity (Wildman–Crippen MR) is 97.7 cm³/mol. The Bertz CT molecular complexity index is 983. The van der Waals surface area contributed by atoms with Crippen molar-refractivity contribution < 1.29 is 0 Å². The molecule has 0 saturated heterocycles. The van der Waals surface area contributed by atoms with Crippen molar-refractivity contribution in [1.29, 1.82) is 0 Å². The van der Waals surface area contributed by atoms with E-state index in [1.54, 1.807) is 12.4 Å². The van der Waals surface area contributed by atoms with Crippen molar-refractivity contribution in [3.05, 3.63) is 47.7 Å². The lowest BCUT2D eigenvalue weighted by atomic mass is 9.85. The molecule has 1 N–H and O–H groups in total. The Morgan fingerprint density at radius 2 is 2.08 bits per heavy atom. The van der Waals surface area contributed by atoms with E-state index in [1.165, 1.54) is 30.2 Å². The van der Waals surface area contributed by atoms with E-state index in [1.807, 2.05) is 0 Å². The van der Waals surface area contributed by atoms with Crippen LogP contribution in [-0.2, 0) is 13.1 Å². The second kappa shape index (κ2) is 5.65. The number of hydrogen-bond donors (Lipinski definition) is 1. The Morgan fingerprint density at radius 3 is 2.92 bits per heavy atom. The number of nitrogens with one attached hydrogen (secondary N) is 1. The molecule has 3 aromatic rings. The summed E-state index contributed by atoms with van der Waals surface area (Å²) in [5.41, 5.74) is 5.07. The average Bonchev–Trinajstić information content (AvgIpc) is 3.13. The van der Waals surface area contributed by atoms with Crippen molar-refractivity contribution in [1.82, 2.24) is 19.7 Å². The van der Waals surface area contributed by atoms with Gasteiger partial charge >= 0.3 is 0 Å². The van der Waals surface area contributed by atoms with Crippen molar-refractivity contribution in [2.75, 3.05) is 5.32 Å². The third kappa shape index (κ3) is 2.49. The molecule has 1 aromatic carbocycles. The summed E-state index contributed by atoms with van der Waals surface area (Å²) in [6, 6.07) is 6.41. The van der Waals surface area contributed by atoms with Crippen LogP contribution in [0.2, 0.25) is 0 Å². The zero-order chi connectivity index (χ0) is 16.8. The van der Waals surface area contributed by atoms with Gasteiger partial charge in [0.1, 0.15) is 5.69 Å². The Hall–Kier alpha value is -2.76. The van der Waals surface area contributed by atoms with Crippen molar-refractivity contribution in [3.8, 4) is 0 Å². The van der Waals surface area contributed by atoms with Gasteiger partial charge < -0.3 is 5.32 Å². The second-order valence-electron chi connectivity index (χ2n) is 6.94. The van der Waals surface area contributed by atoms with Crippen LogP contribution >= 0.6 is 0 Å². The fraction of sp³-hybridized carbons (Fsp3) is 0.368. The smallest absolute Gasteiger partial charge is 0.154 e. The van der Waals surface area contributed by atoms with E-state index >= 15 is 0 Å². The minimum absolute atomic E-state index is 0.589. The van der Waals surface area contributed by atoms with E-state index in [9.17, 15) is 0 Å². The lowest BCUT2D eigenvalue weighted by molar-refractivity contribution is 0.269. The molecule has 0 radical (unpaired) electrons. The molecule has 6 nitrogen and oxygen atoms in total. The van der Waals surface area contributed by atoms with Crippen LogP contribution in [0.3, 0.4) is 0 Å². The number of fused-ring (bicyclic) bond motifs is 2. The van der Waals surface area contributed by atoms with Gasteiger partial charge in [0, 0.05) is 30.0 Å². The average molecular weight is 332 g/mol. The molecule has 2 aliphatic rings. The zero-order valence-corrected chi connectivity index (χ0v) is 14.2. The van der Waals surface area contributed by atoms with Crippen LogP contribution in [0.4, 0.5) is 5.69 Å². The maximum Gasteiger partial charge on any atom is 0.154 e. The summed E-state index contributed by atoms with van der Waals surface area (Å²) >= 11 is 0. The quantitative estimate of drug-likeness (QED) is 0.799. The Kier molecular flexibility index (Phi) is 3.29. The molecule has 6 heteroatoms. The van der Waals surface area contributed by atoms with Crippen LogP contribution in [0.1, 0.15) is 36.3 Å². The largest absolute Gasteiger partial charge is 0.339 e. The molecule has 1 saturated carbocycles. The fourth-order valence-corrected chi connectivity index (χ4v) is 3.62. The third-order valence-electron chi connectivity index (χ3n) is 5.24. The number of amidine groups is 1. The van der Waals surface area contributed by atoms with Crippen molar-refractivity contribution in [3.63, 3.8) is 0 Å². The van der Waals surface area contributed by atoms with E-state index < -0.39 is 0 Å². The van der Waals surface area contributed by atoms with Gasteiger partial charge in [0.2, 0.25) is 0 Å². The van der Waals surface area contributed by atoms with Gasteiger partial charge in [0.15, 0.2) is 5.84 Å². The third-order valence-corrected chi connectivity index (χ3v) is 5.24. The van der Waals surface area contributed by atoms with E-state index in [0.29, 0.717) is 6.54 Å². The van der Waals surface area contributed by atoms with Crippen LogP contribution < -0.4 is 5.32 Å². The van der Waals surface area contributed by atoms with Gasteiger partial charge in [-0.3, -0.25) is 14.7 Å². The maximum absolute atomic E-state index is 4.76. The lowest BCUT2D eigenvalue weighted by Gasteiger charge is -2.25. The molecule has 126 valence electrons. The van der Waals surface area contributed by atoms with Gasteiger partial charge in [-0.1, -0.05) is 6.42 Å². The van der Waals surface area contributed by atoms with Crippen LogP contribution in [0.25, 0.3) is 10.9 Å². The van der Waals surface area contributed by atoms with Gasteiger partial charge in [-0.05, 0) is 43.9 Å². The van der Waals surface area contributed by atoms with Crippen molar-refractivity contribution in [2.24, 2.45) is 10.9 Å². The normalized spacial score (nSPS) is 16.6. The van der Waals surface area contributed by atoms with Gasteiger partial charge in [0.05, 0.1) is 23.4 Å². The lowest BCUT2D eigenvalue weighted by Crippen LogP contribution is -2.18. The molecule has 2 aromatic heterocycles. The number of benzene rings is 1. The number of anilines is 1. The molecule has 25 heavy (non-hydrogen) atoms. The summed E-state index contributed by atoms with van der Waals surface area (Å²) in [5, 5.41) is 9.35. The number of aromatic nitrogens is 4. The minimum Gasteiger partial charge on any atom is -0.339 e. The topological polar surface area (TPSA) is 68.0 Å². The standard InChI is InChI=1S/C19H20N6/c1-12-15-9-14(23-19-18-16(10-22-19)20-7-8-21-18)5-6-17(15)25(24-12)11-13-3-2-4-13/h5-9,13H,2-4,10-11H2,1H3,(H,22,23). The van der Waals surface area contributed by atoms with E-state index in [-0.39, 0.29) is 0 Å². The molecular weight excluding hydrogens is 312 g/mol. The predicted octanol–water partition coefficient (Wildman–Crippen LogP) is 3.31. The Labute approximate surface area is 146 Å². The summed E-state index contributed by atoms with van der Waals surface area (Å²) < 4.78 is 2.17. The first-order valence-corrected chi connectivity index (χ1v) is 8.87. The molecule has 0 atom stereocenters. The highest BCUT2D eigenvalue weighted by atomic mass is 15.3. The first kappa shape index (κ1) is 14.6. The first-order chi connectivity index (χ1) is 12.3. The highest BCUT2D eigenvalue weighted by molar-refractivity contribution is 6.09. The number of nitrogens with zero attached hydrogens (tertiary/aromatic N) is 5. The molecule has 1 aliphatic carbocycles. The number of rotatable bonds is 3. The van der Waals surface area contributed by atoms with Crippen molar-refractivity contribution in [2.45, 2.75) is 39.3 Å². The van der Waals surface area contributed by atoms with Gasteiger partial charge in [-0.2, -0.15) is 5.10 Å². The highest BCUT2D eigenvalue weighted by Crippen LogP contribution is 2.30. The highest BCUT2D eigenvalue weighted by Gasteiger charge is 2.21. The molecule has 1 aliphatic heterocycles. The van der Waals surface area contributed by atoms with Gasteiger partial charge in [-0.15, -0.1) is 0 Å². The van der Waals surface area contributed by atoms with Crippen LogP contribution in [0.5, 0.6) is 0 Å². The Balaban J connectivity index is 1.44. The first-order valence-electron chi connectivity index (χ1n) is 8.87. The van der Waals surface area contributed by atoms with Gasteiger partial charge in [0.25, 0.3) is 0 Å². The molecule has 0 unspecified atom stereocenters. The zero-order valence-electron chi connectivity index (χ0n) is 14.2. The summed E-state index contributed by atoms with van der Waals surface area (Å²) in [7, 11) is 0. The van der Waals surface area contributed by atoms with E-state index in [4.69, 9.17) is 5.10 Å². The molecule has 5 rings (SSSR count). The monoisotopic (exact) mass is 332 g/mol. The van der Waals surface area contributed by atoms with Crippen LogP contribution in [-0.4, -0.2) is 25.6 Å². The van der Waals surface area contributed by atoms with Gasteiger partial charge in [-0.25, -0.2) is 4.98 Å². The summed E-state index contributed by atoms with van der Waals surface area (Å²) in [6.07, 6.45) is 7.45. The molecule has 0 bridgehead atoms. The molecule has 1 fully saturated rings. The van der Waals surface area contributed by atoms with E-state index in [2.05, 4.69) is 50.1 Å². The fourth-order valence-electron chi connectivity index (χ4n) is 3.62. The number of aliphatic imine (C=N–C) groups is 1.